The smallest absolute Gasteiger partial charge is 0.225 e. The van der Waals surface area contributed by atoms with E-state index in [2.05, 4.69) is 39.8 Å². The fraction of sp³-hybridized carbons (Fsp3) is 0.538. The molecule has 0 bridgehead atoms. The lowest BCUT2D eigenvalue weighted by atomic mass is 10.2. The Morgan fingerprint density at radius 1 is 1.13 bits per heavy atom. The largest absolute Gasteiger partial charge is 0.427 e. The topological polar surface area (TPSA) is 20.2 Å². The second kappa shape index (κ2) is 4.50. The first-order chi connectivity index (χ1) is 6.92. The molecule has 1 unspecified atom stereocenters. The molecule has 84 valence electrons. The van der Waals surface area contributed by atoms with Crippen LogP contribution < -0.4 is 5.19 Å². The van der Waals surface area contributed by atoms with E-state index in [9.17, 15) is 4.80 Å². The Bertz CT molecular complexity index is 302. The summed E-state index contributed by atoms with van der Waals surface area (Å²) >= 11 is 0. The molecule has 1 nitrogen and oxygen atoms in total. The Hall–Kier alpha value is -0.603. The van der Waals surface area contributed by atoms with Crippen LogP contribution in [0.4, 0.5) is 0 Å². The quantitative estimate of drug-likeness (QED) is 0.779. The van der Waals surface area contributed by atoms with Crippen molar-refractivity contribution in [2.75, 3.05) is 0 Å². The highest BCUT2D eigenvalue weighted by Gasteiger charge is 2.44. The zero-order valence-corrected chi connectivity index (χ0v) is 11.2. The fourth-order valence-electron chi connectivity index (χ4n) is 2.03. The molecular weight excluding hydrogens is 200 g/mol. The van der Waals surface area contributed by atoms with Crippen LogP contribution >= 0.6 is 0 Å². The van der Waals surface area contributed by atoms with Gasteiger partial charge in [0.2, 0.25) is 8.32 Å². The molecule has 15 heavy (non-hydrogen) atoms. The molecule has 1 aromatic carbocycles. The minimum Gasteiger partial charge on any atom is -0.427 e. The second-order valence-electron chi connectivity index (χ2n) is 5.23. The van der Waals surface area contributed by atoms with Crippen LogP contribution in [0.5, 0.6) is 0 Å². The minimum atomic E-state index is -2.33. The standard InChI is InChI=1S/C13H22OSi/c1-5-11-15(14,13(2,3)4)12-9-7-6-8-10-12/h6-10,14H,5,11H2,1-4H3. The van der Waals surface area contributed by atoms with Crippen molar-refractivity contribution in [1.82, 2.24) is 0 Å². The minimum absolute atomic E-state index is 0.00433. The summed E-state index contributed by atoms with van der Waals surface area (Å²) in [6, 6.07) is 11.1. The first-order valence-corrected chi connectivity index (χ1v) is 7.85. The van der Waals surface area contributed by atoms with E-state index in [-0.39, 0.29) is 5.04 Å². The summed E-state index contributed by atoms with van der Waals surface area (Å²) in [6.07, 6.45) is 1.05. The van der Waals surface area contributed by atoms with E-state index < -0.39 is 8.32 Å². The summed E-state index contributed by atoms with van der Waals surface area (Å²) in [5, 5.41) is 1.17. The van der Waals surface area contributed by atoms with Crippen LogP contribution in [-0.4, -0.2) is 13.1 Å². The molecule has 1 atom stereocenters. The predicted molar refractivity (Wildman–Crippen MR) is 68.9 cm³/mol. The van der Waals surface area contributed by atoms with E-state index in [1.54, 1.807) is 0 Å². The lowest BCUT2D eigenvalue weighted by Crippen LogP contribution is -2.55. The normalized spacial score (nSPS) is 16.1. The molecule has 0 amide bonds. The molecule has 1 aromatic rings. The second-order valence-corrected chi connectivity index (χ2v) is 9.52. The number of hydrogen-bond acceptors (Lipinski definition) is 1. The van der Waals surface area contributed by atoms with Gasteiger partial charge in [0, 0.05) is 0 Å². The molecule has 0 aliphatic carbocycles. The van der Waals surface area contributed by atoms with Crippen molar-refractivity contribution in [3.8, 4) is 0 Å². The Balaban J connectivity index is 3.13. The van der Waals surface area contributed by atoms with Gasteiger partial charge in [-0.2, -0.15) is 0 Å². The molecule has 0 aliphatic rings. The number of benzene rings is 1. The molecule has 0 spiro atoms. The summed E-state index contributed by atoms with van der Waals surface area (Å²) in [5.41, 5.74) is 0. The van der Waals surface area contributed by atoms with Crippen molar-refractivity contribution in [2.45, 2.75) is 45.2 Å². The molecule has 0 saturated heterocycles. The summed E-state index contributed by atoms with van der Waals surface area (Å²) in [4.78, 5) is 11.0. The van der Waals surface area contributed by atoms with Gasteiger partial charge in [0.1, 0.15) is 0 Å². The Morgan fingerprint density at radius 3 is 2.07 bits per heavy atom. The summed E-state index contributed by atoms with van der Waals surface area (Å²) < 4.78 is 0. The third kappa shape index (κ3) is 2.50. The Morgan fingerprint density at radius 2 is 1.67 bits per heavy atom. The lowest BCUT2D eigenvalue weighted by molar-refractivity contribution is 0.482. The van der Waals surface area contributed by atoms with Gasteiger partial charge in [-0.3, -0.25) is 0 Å². The molecule has 0 heterocycles. The lowest BCUT2D eigenvalue weighted by Gasteiger charge is -2.38. The molecule has 0 fully saturated rings. The molecule has 0 saturated carbocycles. The molecule has 1 rings (SSSR count). The van der Waals surface area contributed by atoms with Crippen molar-refractivity contribution in [3.63, 3.8) is 0 Å². The van der Waals surface area contributed by atoms with Crippen molar-refractivity contribution in [1.29, 1.82) is 0 Å². The maximum Gasteiger partial charge on any atom is 0.225 e. The summed E-state index contributed by atoms with van der Waals surface area (Å²) in [6.45, 7) is 8.61. The van der Waals surface area contributed by atoms with Crippen LogP contribution in [0.15, 0.2) is 30.3 Å². The zero-order valence-electron chi connectivity index (χ0n) is 10.2. The molecule has 0 aromatic heterocycles. The van der Waals surface area contributed by atoms with Gasteiger partial charge in [0.25, 0.3) is 0 Å². The monoisotopic (exact) mass is 222 g/mol. The molecule has 1 N–H and O–H groups in total. The average Bonchev–Trinajstić information content (AvgIpc) is 2.18. The highest BCUT2D eigenvalue weighted by atomic mass is 28.4. The van der Waals surface area contributed by atoms with Crippen LogP contribution in [0, 0.1) is 0 Å². The average molecular weight is 222 g/mol. The van der Waals surface area contributed by atoms with Gasteiger partial charge in [-0.05, 0) is 16.3 Å². The van der Waals surface area contributed by atoms with Crippen LogP contribution in [0.3, 0.4) is 0 Å². The van der Waals surface area contributed by atoms with Crippen molar-refractivity contribution in [2.24, 2.45) is 0 Å². The van der Waals surface area contributed by atoms with Crippen molar-refractivity contribution in [3.05, 3.63) is 30.3 Å². The van der Waals surface area contributed by atoms with Crippen LogP contribution in [0.1, 0.15) is 34.1 Å². The number of rotatable bonds is 3. The van der Waals surface area contributed by atoms with Gasteiger partial charge < -0.3 is 4.80 Å². The van der Waals surface area contributed by atoms with E-state index in [1.165, 1.54) is 5.19 Å². The van der Waals surface area contributed by atoms with Crippen LogP contribution in [0.25, 0.3) is 0 Å². The third-order valence-corrected chi connectivity index (χ3v) is 8.10. The maximum absolute atomic E-state index is 11.0. The Kier molecular flexibility index (Phi) is 3.74. The fourth-order valence-corrected chi connectivity index (χ4v) is 5.40. The van der Waals surface area contributed by atoms with Gasteiger partial charge in [0.05, 0.1) is 0 Å². The molecule has 2 heteroatoms. The van der Waals surface area contributed by atoms with Crippen molar-refractivity contribution < 1.29 is 4.80 Å². The SMILES string of the molecule is CCC[Si](O)(c1ccccc1)C(C)(C)C. The summed E-state index contributed by atoms with van der Waals surface area (Å²) in [7, 11) is -2.33. The van der Waals surface area contributed by atoms with E-state index in [4.69, 9.17) is 0 Å². The molecular formula is C13H22OSi. The predicted octanol–water partition coefficient (Wildman–Crippen LogP) is 3.04. The van der Waals surface area contributed by atoms with E-state index in [1.807, 2.05) is 18.2 Å². The highest BCUT2D eigenvalue weighted by Crippen LogP contribution is 2.37. The molecule has 0 radical (unpaired) electrons. The van der Waals surface area contributed by atoms with Gasteiger partial charge >= 0.3 is 0 Å². The first kappa shape index (κ1) is 12.5. The van der Waals surface area contributed by atoms with E-state index in [0.29, 0.717) is 0 Å². The van der Waals surface area contributed by atoms with E-state index in [0.717, 1.165) is 12.5 Å². The van der Waals surface area contributed by atoms with Crippen LogP contribution in [0.2, 0.25) is 11.1 Å². The van der Waals surface area contributed by atoms with Gasteiger partial charge in [-0.15, -0.1) is 0 Å². The highest BCUT2D eigenvalue weighted by molar-refractivity contribution is 6.87. The van der Waals surface area contributed by atoms with Gasteiger partial charge in [-0.1, -0.05) is 64.4 Å². The molecule has 0 aliphatic heterocycles. The Labute approximate surface area is 94.3 Å². The third-order valence-electron chi connectivity index (χ3n) is 3.10. The summed E-state index contributed by atoms with van der Waals surface area (Å²) in [5.74, 6) is 0. The van der Waals surface area contributed by atoms with Gasteiger partial charge in [-0.25, -0.2) is 0 Å². The maximum atomic E-state index is 11.0. The van der Waals surface area contributed by atoms with Crippen LogP contribution in [-0.2, 0) is 0 Å². The van der Waals surface area contributed by atoms with Crippen molar-refractivity contribution >= 4 is 13.5 Å². The first-order valence-electron chi connectivity index (χ1n) is 5.69. The van der Waals surface area contributed by atoms with Gasteiger partial charge in [0.15, 0.2) is 0 Å². The number of hydrogen-bond donors (Lipinski definition) is 1. The van der Waals surface area contributed by atoms with E-state index >= 15 is 0 Å². The zero-order chi connectivity index (χ0) is 11.5.